The fourth-order valence-corrected chi connectivity index (χ4v) is 2.77. The first-order valence-corrected chi connectivity index (χ1v) is 8.09. The van der Waals surface area contributed by atoms with E-state index in [0.29, 0.717) is 17.8 Å². The Kier molecular flexibility index (Phi) is 7.49. The molecule has 0 aromatic rings. The minimum atomic E-state index is -0.509. The zero-order valence-corrected chi connectivity index (χ0v) is 14.5. The van der Waals surface area contributed by atoms with Crippen molar-refractivity contribution >= 4 is 11.9 Å². The second kappa shape index (κ2) is 8.87. The molecule has 5 nitrogen and oxygen atoms in total. The average Bonchev–Trinajstić information content (AvgIpc) is 2.52. The van der Waals surface area contributed by atoms with E-state index in [2.05, 4.69) is 13.2 Å². The van der Waals surface area contributed by atoms with Crippen LogP contribution in [0.2, 0.25) is 0 Å². The average molecular weight is 324 g/mol. The third-order valence-corrected chi connectivity index (χ3v) is 4.12. The molecule has 1 atom stereocenters. The third-order valence-electron chi connectivity index (χ3n) is 4.12. The Bertz CT molecular complexity index is 434. The quantitative estimate of drug-likeness (QED) is 0.507. The molecule has 0 saturated heterocycles. The Morgan fingerprint density at radius 2 is 1.57 bits per heavy atom. The molecule has 5 heteroatoms. The van der Waals surface area contributed by atoms with Gasteiger partial charge in [0, 0.05) is 17.8 Å². The van der Waals surface area contributed by atoms with Crippen molar-refractivity contribution in [2.24, 2.45) is 5.41 Å². The summed E-state index contributed by atoms with van der Waals surface area (Å²) in [6, 6.07) is 0. The van der Waals surface area contributed by atoms with Crippen molar-refractivity contribution in [1.29, 1.82) is 0 Å². The Morgan fingerprint density at radius 3 is 2.00 bits per heavy atom. The van der Waals surface area contributed by atoms with Crippen LogP contribution >= 0.6 is 0 Å². The number of ether oxygens (including phenoxy) is 3. The molecule has 1 aliphatic rings. The van der Waals surface area contributed by atoms with E-state index in [0.717, 1.165) is 25.7 Å². The molecule has 1 aliphatic carbocycles. The Balaban J connectivity index is 2.87. The van der Waals surface area contributed by atoms with Gasteiger partial charge in [0.15, 0.2) is 0 Å². The molecule has 130 valence electrons. The predicted molar refractivity (Wildman–Crippen MR) is 87.9 cm³/mol. The molecule has 23 heavy (non-hydrogen) atoms. The van der Waals surface area contributed by atoms with Crippen LogP contribution in [0.3, 0.4) is 0 Å². The van der Waals surface area contributed by atoms with Crippen LogP contribution in [0.4, 0.5) is 0 Å². The highest BCUT2D eigenvalue weighted by molar-refractivity contribution is 5.87. The lowest BCUT2D eigenvalue weighted by atomic mass is 9.72. The Labute approximate surface area is 138 Å². The van der Waals surface area contributed by atoms with Crippen LogP contribution in [0.25, 0.3) is 0 Å². The first-order valence-electron chi connectivity index (χ1n) is 8.09. The summed E-state index contributed by atoms with van der Waals surface area (Å²) in [4.78, 5) is 23.5. The normalized spacial score (nSPS) is 19.7. The summed E-state index contributed by atoms with van der Waals surface area (Å²) in [5.74, 6) is -0.868. The van der Waals surface area contributed by atoms with E-state index in [1.54, 1.807) is 13.8 Å². The molecule has 1 saturated carbocycles. The zero-order valence-electron chi connectivity index (χ0n) is 14.5. The molecule has 0 aliphatic heterocycles. The number of hydrogen-bond donors (Lipinski definition) is 0. The lowest BCUT2D eigenvalue weighted by molar-refractivity contribution is -0.165. The van der Waals surface area contributed by atoms with Gasteiger partial charge in [0.05, 0.1) is 11.5 Å². The summed E-state index contributed by atoms with van der Waals surface area (Å²) in [6.45, 7) is 13.2. The summed E-state index contributed by atoms with van der Waals surface area (Å²) in [7, 11) is 0. The molecular weight excluding hydrogens is 296 g/mol. The maximum atomic E-state index is 11.8. The molecule has 0 heterocycles. The highest BCUT2D eigenvalue weighted by Gasteiger charge is 2.44. The second-order valence-corrected chi connectivity index (χ2v) is 6.27. The van der Waals surface area contributed by atoms with Gasteiger partial charge in [-0.1, -0.05) is 26.0 Å². The molecule has 0 amide bonds. The predicted octanol–water partition coefficient (Wildman–Crippen LogP) is 3.19. The molecular formula is C18H28O5. The van der Waals surface area contributed by atoms with Gasteiger partial charge in [-0.15, -0.1) is 0 Å². The van der Waals surface area contributed by atoms with Crippen molar-refractivity contribution in [2.75, 3.05) is 19.8 Å². The van der Waals surface area contributed by atoms with Gasteiger partial charge in [0.2, 0.25) is 0 Å². The van der Waals surface area contributed by atoms with Gasteiger partial charge in [-0.05, 0) is 33.6 Å². The van der Waals surface area contributed by atoms with Crippen LogP contribution in [0.1, 0.15) is 46.5 Å². The van der Waals surface area contributed by atoms with Crippen molar-refractivity contribution < 1.29 is 23.8 Å². The molecule has 1 fully saturated rings. The van der Waals surface area contributed by atoms with E-state index in [-0.39, 0.29) is 19.3 Å². The van der Waals surface area contributed by atoms with Crippen molar-refractivity contribution in [3.63, 3.8) is 0 Å². The number of hydrogen-bond acceptors (Lipinski definition) is 5. The summed E-state index contributed by atoms with van der Waals surface area (Å²) >= 11 is 0. The van der Waals surface area contributed by atoms with E-state index in [4.69, 9.17) is 14.2 Å². The molecule has 0 radical (unpaired) electrons. The van der Waals surface area contributed by atoms with Crippen LogP contribution < -0.4 is 0 Å². The lowest BCUT2D eigenvalue weighted by Crippen LogP contribution is -2.48. The van der Waals surface area contributed by atoms with E-state index >= 15 is 0 Å². The maximum Gasteiger partial charge on any atom is 0.333 e. The van der Waals surface area contributed by atoms with E-state index < -0.39 is 17.4 Å². The van der Waals surface area contributed by atoms with Crippen LogP contribution in [0.15, 0.2) is 24.3 Å². The maximum absolute atomic E-state index is 11.8. The number of esters is 2. The molecule has 0 spiro atoms. The van der Waals surface area contributed by atoms with Gasteiger partial charge in [-0.25, -0.2) is 9.59 Å². The van der Waals surface area contributed by atoms with Crippen molar-refractivity contribution in [2.45, 2.75) is 52.6 Å². The SMILES string of the molecule is C=C(C)C(=O)OCC1(COC(=O)C(=C)C)CCCCC1OCC. The van der Waals surface area contributed by atoms with Crippen molar-refractivity contribution in [3.8, 4) is 0 Å². The highest BCUT2D eigenvalue weighted by atomic mass is 16.6. The molecule has 0 N–H and O–H groups in total. The van der Waals surface area contributed by atoms with Gasteiger partial charge >= 0.3 is 11.9 Å². The number of carbonyl (C=O) groups excluding carboxylic acids is 2. The molecule has 1 unspecified atom stereocenters. The first-order chi connectivity index (χ1) is 10.8. The minimum Gasteiger partial charge on any atom is -0.462 e. The largest absolute Gasteiger partial charge is 0.462 e. The first kappa shape index (κ1) is 19.4. The van der Waals surface area contributed by atoms with E-state index in [1.807, 2.05) is 6.92 Å². The molecule has 0 bridgehead atoms. The van der Waals surface area contributed by atoms with Gasteiger partial charge in [-0.2, -0.15) is 0 Å². The van der Waals surface area contributed by atoms with Gasteiger partial charge in [0.1, 0.15) is 13.2 Å². The zero-order chi connectivity index (χ0) is 17.5. The molecule has 1 rings (SSSR count). The Hall–Kier alpha value is -1.62. The van der Waals surface area contributed by atoms with E-state index in [9.17, 15) is 9.59 Å². The summed E-state index contributed by atoms with van der Waals surface area (Å²) in [6.07, 6.45) is 3.58. The van der Waals surface area contributed by atoms with Gasteiger partial charge in [-0.3, -0.25) is 0 Å². The topological polar surface area (TPSA) is 61.8 Å². The van der Waals surface area contributed by atoms with Gasteiger partial charge < -0.3 is 14.2 Å². The lowest BCUT2D eigenvalue weighted by Gasteiger charge is -2.42. The Morgan fingerprint density at radius 1 is 1.04 bits per heavy atom. The highest BCUT2D eigenvalue weighted by Crippen LogP contribution is 2.39. The van der Waals surface area contributed by atoms with E-state index in [1.165, 1.54) is 0 Å². The van der Waals surface area contributed by atoms with Crippen LogP contribution in [-0.2, 0) is 23.8 Å². The van der Waals surface area contributed by atoms with Crippen molar-refractivity contribution in [3.05, 3.63) is 24.3 Å². The second-order valence-electron chi connectivity index (χ2n) is 6.27. The smallest absolute Gasteiger partial charge is 0.333 e. The van der Waals surface area contributed by atoms with Crippen LogP contribution in [0, 0.1) is 5.41 Å². The number of carbonyl (C=O) groups is 2. The third kappa shape index (κ3) is 5.50. The molecule has 0 aromatic heterocycles. The monoisotopic (exact) mass is 324 g/mol. The standard InChI is InChI=1S/C18H28O5/c1-6-21-15-9-7-8-10-18(15,11-22-16(19)13(2)3)12-23-17(20)14(4)5/h15H,2,4,6-12H2,1,3,5H3. The summed E-state index contributed by atoms with van der Waals surface area (Å²) < 4.78 is 16.6. The summed E-state index contributed by atoms with van der Waals surface area (Å²) in [5, 5.41) is 0. The van der Waals surface area contributed by atoms with Crippen LogP contribution in [-0.4, -0.2) is 37.9 Å². The van der Waals surface area contributed by atoms with Crippen molar-refractivity contribution in [1.82, 2.24) is 0 Å². The fraction of sp³-hybridized carbons (Fsp3) is 0.667. The minimum absolute atomic E-state index is 0.0999. The van der Waals surface area contributed by atoms with Gasteiger partial charge in [0.25, 0.3) is 0 Å². The number of rotatable bonds is 8. The summed E-state index contributed by atoms with van der Waals surface area (Å²) in [5.41, 5.74) is 0.190. The fourth-order valence-electron chi connectivity index (χ4n) is 2.77. The molecule has 0 aromatic carbocycles. The van der Waals surface area contributed by atoms with Crippen LogP contribution in [0.5, 0.6) is 0 Å².